The van der Waals surface area contributed by atoms with Crippen molar-refractivity contribution in [1.82, 2.24) is 10.7 Å². The molecule has 35 heavy (non-hydrogen) atoms. The van der Waals surface area contributed by atoms with E-state index >= 15 is 0 Å². The molecule has 10 heteroatoms. The molecule has 3 rings (SSSR count). The highest BCUT2D eigenvalue weighted by Crippen LogP contribution is 2.30. The molecule has 0 spiro atoms. The second-order valence-electron chi connectivity index (χ2n) is 8.41. The summed E-state index contributed by atoms with van der Waals surface area (Å²) in [7, 11) is 0. The summed E-state index contributed by atoms with van der Waals surface area (Å²) in [4.78, 5) is 11.2. The molecule has 2 aromatic carbocycles. The van der Waals surface area contributed by atoms with Crippen molar-refractivity contribution >= 4 is 39.1 Å². The molecule has 2 aromatic rings. The number of aliphatic hydroxyl groups is 1. The minimum absolute atomic E-state index is 0.0798. The molecule has 1 aliphatic heterocycles. The van der Waals surface area contributed by atoms with Crippen LogP contribution in [0.1, 0.15) is 38.7 Å². The van der Waals surface area contributed by atoms with E-state index in [1.54, 1.807) is 6.07 Å². The molecule has 8 nitrogen and oxygen atoms in total. The van der Waals surface area contributed by atoms with Crippen LogP contribution in [0, 0.1) is 0 Å². The molecule has 0 fully saturated rings. The van der Waals surface area contributed by atoms with Crippen molar-refractivity contribution in [3.63, 3.8) is 0 Å². The molecule has 0 aromatic heterocycles. The topological polar surface area (TPSA) is 101 Å². The Morgan fingerprint density at radius 2 is 1.89 bits per heavy atom. The van der Waals surface area contributed by atoms with E-state index in [4.69, 9.17) is 25.8 Å². The summed E-state index contributed by atoms with van der Waals surface area (Å²) in [6, 6.07) is 11.3. The van der Waals surface area contributed by atoms with Crippen molar-refractivity contribution in [2.75, 3.05) is 26.4 Å². The minimum atomic E-state index is -0.589. The number of hydrogen-bond acceptors (Lipinski definition) is 7. The third kappa shape index (κ3) is 9.00. The van der Waals surface area contributed by atoms with Crippen LogP contribution >= 0.6 is 27.5 Å². The van der Waals surface area contributed by atoms with Gasteiger partial charge in [-0.3, -0.25) is 4.79 Å². The maximum absolute atomic E-state index is 11.2. The third-order valence-corrected chi connectivity index (χ3v) is 6.00. The lowest BCUT2D eigenvalue weighted by molar-refractivity contribution is -0.121. The van der Waals surface area contributed by atoms with E-state index in [2.05, 4.69) is 31.8 Å². The average Bonchev–Trinajstić information content (AvgIpc) is 2.83. The van der Waals surface area contributed by atoms with E-state index in [1.165, 1.54) is 0 Å². The van der Waals surface area contributed by atoms with Crippen LogP contribution in [0.4, 0.5) is 0 Å². The standard InChI is InChI=1S/C25H31BrClN3O5/c1-16(2)28-14-18(31)15-35-23-8-5-19(13-20(23)26)33-10-3-11-34-24-7-4-17(12-21(24)27)22-6-9-25(32)30-29-22/h4-5,7-8,12-13,16,18,28,31H,3,6,9-11,14-15H2,1-2H3,(H,30,32). The maximum Gasteiger partial charge on any atom is 0.240 e. The summed E-state index contributed by atoms with van der Waals surface area (Å²) < 4.78 is 18.0. The van der Waals surface area contributed by atoms with E-state index < -0.39 is 6.10 Å². The number of halogens is 2. The van der Waals surface area contributed by atoms with Gasteiger partial charge in [0.05, 0.1) is 28.4 Å². The molecule has 0 bridgehead atoms. The quantitative estimate of drug-likeness (QED) is 0.312. The van der Waals surface area contributed by atoms with Gasteiger partial charge in [0.1, 0.15) is 30.0 Å². The molecular weight excluding hydrogens is 538 g/mol. The van der Waals surface area contributed by atoms with E-state index in [0.717, 1.165) is 15.7 Å². The van der Waals surface area contributed by atoms with Crippen LogP contribution in [0.15, 0.2) is 46.0 Å². The highest BCUT2D eigenvalue weighted by atomic mass is 79.9. The second kappa shape index (κ2) is 13.7. The second-order valence-corrected chi connectivity index (χ2v) is 9.67. The molecule has 190 valence electrons. The molecule has 1 unspecified atom stereocenters. The Balaban J connectivity index is 1.38. The highest BCUT2D eigenvalue weighted by Gasteiger charge is 2.15. The number of rotatable bonds is 13. The lowest BCUT2D eigenvalue weighted by atomic mass is 10.0. The van der Waals surface area contributed by atoms with Gasteiger partial charge in [0.2, 0.25) is 5.91 Å². The Labute approximate surface area is 219 Å². The normalized spacial score (nSPS) is 14.3. The van der Waals surface area contributed by atoms with Gasteiger partial charge < -0.3 is 24.6 Å². The molecule has 1 amide bonds. The summed E-state index contributed by atoms with van der Waals surface area (Å²) in [5.41, 5.74) is 4.16. The van der Waals surface area contributed by atoms with Gasteiger partial charge in [-0.25, -0.2) is 5.43 Å². The number of nitrogens with one attached hydrogen (secondary N) is 2. The van der Waals surface area contributed by atoms with E-state index in [-0.39, 0.29) is 12.5 Å². The van der Waals surface area contributed by atoms with Crippen LogP contribution in [0.3, 0.4) is 0 Å². The Morgan fingerprint density at radius 1 is 1.11 bits per heavy atom. The van der Waals surface area contributed by atoms with Crippen LogP contribution in [0.5, 0.6) is 17.2 Å². The van der Waals surface area contributed by atoms with Gasteiger partial charge in [0.25, 0.3) is 0 Å². The molecule has 0 radical (unpaired) electrons. The van der Waals surface area contributed by atoms with Gasteiger partial charge >= 0.3 is 0 Å². The molecule has 3 N–H and O–H groups in total. The van der Waals surface area contributed by atoms with Crippen molar-refractivity contribution in [1.29, 1.82) is 0 Å². The highest BCUT2D eigenvalue weighted by molar-refractivity contribution is 9.10. The fraction of sp³-hybridized carbons (Fsp3) is 0.440. The zero-order valence-electron chi connectivity index (χ0n) is 19.9. The summed E-state index contributed by atoms with van der Waals surface area (Å²) in [5.74, 6) is 1.85. The van der Waals surface area contributed by atoms with Crippen molar-refractivity contribution in [2.24, 2.45) is 5.10 Å². The van der Waals surface area contributed by atoms with Gasteiger partial charge in [0.15, 0.2) is 0 Å². The number of carbonyl (C=O) groups excluding carboxylic acids is 1. The van der Waals surface area contributed by atoms with Gasteiger partial charge in [-0.15, -0.1) is 0 Å². The molecule has 1 heterocycles. The summed E-state index contributed by atoms with van der Waals surface area (Å²) in [6.07, 6.45) is 1.08. The summed E-state index contributed by atoms with van der Waals surface area (Å²) in [6.45, 7) is 5.64. The van der Waals surface area contributed by atoms with Crippen LogP contribution in [0.2, 0.25) is 5.02 Å². The Kier molecular flexibility index (Phi) is 10.7. The fourth-order valence-electron chi connectivity index (χ4n) is 3.22. The molecule has 0 saturated heterocycles. The van der Waals surface area contributed by atoms with E-state index in [1.807, 2.05) is 44.2 Å². The van der Waals surface area contributed by atoms with Crippen LogP contribution in [-0.4, -0.2) is 55.2 Å². The van der Waals surface area contributed by atoms with Gasteiger partial charge in [0, 0.05) is 31.8 Å². The van der Waals surface area contributed by atoms with Crippen molar-refractivity contribution in [3.05, 3.63) is 51.5 Å². The maximum atomic E-state index is 11.2. The first-order valence-electron chi connectivity index (χ1n) is 11.6. The van der Waals surface area contributed by atoms with Gasteiger partial charge in [-0.2, -0.15) is 5.10 Å². The zero-order chi connectivity index (χ0) is 25.2. The smallest absolute Gasteiger partial charge is 0.240 e. The molecule has 1 aliphatic rings. The van der Waals surface area contributed by atoms with Gasteiger partial charge in [-0.1, -0.05) is 25.4 Å². The summed E-state index contributed by atoms with van der Waals surface area (Å²) in [5, 5.41) is 17.7. The minimum Gasteiger partial charge on any atom is -0.493 e. The number of carbonyl (C=O) groups is 1. The molecule has 1 atom stereocenters. The van der Waals surface area contributed by atoms with Crippen LogP contribution < -0.4 is 25.0 Å². The predicted molar refractivity (Wildman–Crippen MR) is 140 cm³/mol. The lowest BCUT2D eigenvalue weighted by Crippen LogP contribution is -2.35. The monoisotopic (exact) mass is 567 g/mol. The van der Waals surface area contributed by atoms with Crippen LogP contribution in [0.25, 0.3) is 0 Å². The lowest BCUT2D eigenvalue weighted by Gasteiger charge is -2.16. The van der Waals surface area contributed by atoms with Crippen molar-refractivity contribution in [2.45, 2.75) is 45.3 Å². The Hall–Kier alpha value is -2.33. The molecular formula is C25H31BrClN3O5. The Bertz CT molecular complexity index is 1030. The van der Waals surface area contributed by atoms with Crippen molar-refractivity contribution in [3.8, 4) is 17.2 Å². The first-order chi connectivity index (χ1) is 16.8. The summed E-state index contributed by atoms with van der Waals surface area (Å²) >= 11 is 9.85. The van der Waals surface area contributed by atoms with Crippen LogP contribution in [-0.2, 0) is 4.79 Å². The number of hydrogen-bond donors (Lipinski definition) is 3. The molecule has 0 aliphatic carbocycles. The number of nitrogens with zero attached hydrogens (tertiary/aromatic N) is 1. The van der Waals surface area contributed by atoms with E-state index in [9.17, 15) is 9.90 Å². The number of hydrazone groups is 1. The fourth-order valence-corrected chi connectivity index (χ4v) is 3.92. The first kappa shape index (κ1) is 27.3. The number of ether oxygens (including phenoxy) is 3. The zero-order valence-corrected chi connectivity index (χ0v) is 22.2. The largest absolute Gasteiger partial charge is 0.493 e. The Morgan fingerprint density at radius 3 is 2.57 bits per heavy atom. The first-order valence-corrected chi connectivity index (χ1v) is 12.7. The van der Waals surface area contributed by atoms with E-state index in [0.29, 0.717) is 67.3 Å². The number of benzene rings is 2. The average molecular weight is 569 g/mol. The van der Waals surface area contributed by atoms with Gasteiger partial charge in [-0.05, 0) is 57.9 Å². The number of aliphatic hydroxyl groups excluding tert-OH is 1. The number of amides is 1. The third-order valence-electron chi connectivity index (χ3n) is 5.08. The van der Waals surface area contributed by atoms with Crippen molar-refractivity contribution < 1.29 is 24.1 Å². The molecule has 0 saturated carbocycles. The SMILES string of the molecule is CC(C)NCC(O)COc1ccc(OCCCOc2ccc(C3=NNC(=O)CC3)cc2Cl)cc1Br. The predicted octanol–water partition coefficient (Wildman–Crippen LogP) is 4.30.